The quantitative estimate of drug-likeness (QED) is 0.823. The highest BCUT2D eigenvalue weighted by atomic mass is 16.6. The lowest BCUT2D eigenvalue weighted by Crippen LogP contribution is -2.19. The monoisotopic (exact) mass is 268 g/mol. The summed E-state index contributed by atoms with van der Waals surface area (Å²) in [5.41, 5.74) is 0.296. The van der Waals surface area contributed by atoms with Gasteiger partial charge in [0.25, 0.3) is 0 Å². The molecule has 0 aromatic heterocycles. The van der Waals surface area contributed by atoms with Gasteiger partial charge in [0, 0.05) is 5.56 Å². The van der Waals surface area contributed by atoms with Gasteiger partial charge in [0.1, 0.15) is 13.2 Å². The van der Waals surface area contributed by atoms with E-state index >= 15 is 0 Å². The van der Waals surface area contributed by atoms with Crippen molar-refractivity contribution in [1.29, 1.82) is 0 Å². The smallest absolute Gasteiger partial charge is 0.339 e. The van der Waals surface area contributed by atoms with Gasteiger partial charge in [-0.05, 0) is 19.1 Å². The zero-order valence-electron chi connectivity index (χ0n) is 10.8. The molecule has 0 aliphatic carbocycles. The lowest BCUT2D eigenvalue weighted by Gasteiger charge is -2.23. The Bertz CT molecular complexity index is 470. The van der Waals surface area contributed by atoms with Crippen molar-refractivity contribution in [2.75, 3.05) is 26.9 Å². The van der Waals surface area contributed by atoms with Gasteiger partial charge in [0.2, 0.25) is 5.75 Å². The van der Waals surface area contributed by atoms with E-state index in [1.54, 1.807) is 19.1 Å². The van der Waals surface area contributed by atoms with E-state index < -0.39 is 12.1 Å². The van der Waals surface area contributed by atoms with Gasteiger partial charge in [-0.15, -0.1) is 0 Å². The van der Waals surface area contributed by atoms with E-state index in [-0.39, 0.29) is 12.4 Å². The molecule has 6 heteroatoms. The van der Waals surface area contributed by atoms with Gasteiger partial charge in [-0.2, -0.15) is 0 Å². The van der Waals surface area contributed by atoms with Gasteiger partial charge in [-0.3, -0.25) is 0 Å². The molecular formula is C13H16O6. The molecule has 1 atom stereocenters. The summed E-state index contributed by atoms with van der Waals surface area (Å²) in [7, 11) is 1.44. The summed E-state index contributed by atoms with van der Waals surface area (Å²) < 4.78 is 20.9. The minimum Gasteiger partial charge on any atom is -0.492 e. The number of methoxy groups -OCH3 is 1. The largest absolute Gasteiger partial charge is 0.492 e. The maximum Gasteiger partial charge on any atom is 0.339 e. The number of carbonyl (C=O) groups is 1. The molecule has 0 spiro atoms. The Hall–Kier alpha value is -1.95. The van der Waals surface area contributed by atoms with Crippen LogP contribution in [-0.4, -0.2) is 38.0 Å². The van der Waals surface area contributed by atoms with E-state index in [1.807, 2.05) is 0 Å². The fourth-order valence-corrected chi connectivity index (χ4v) is 1.88. The Morgan fingerprint density at radius 2 is 2.16 bits per heavy atom. The molecule has 1 N–H and O–H groups in total. The van der Waals surface area contributed by atoms with Gasteiger partial charge >= 0.3 is 5.97 Å². The second kappa shape index (κ2) is 5.79. The molecule has 104 valence electrons. The van der Waals surface area contributed by atoms with Crippen molar-refractivity contribution < 1.29 is 28.8 Å². The third-order valence-corrected chi connectivity index (χ3v) is 2.70. The summed E-state index contributed by atoms with van der Waals surface area (Å²) in [6.45, 7) is 2.71. The number of aliphatic hydroxyl groups excluding tert-OH is 1. The predicted octanol–water partition coefficient (Wildman–Crippen LogP) is 1.06. The van der Waals surface area contributed by atoms with E-state index in [0.29, 0.717) is 30.3 Å². The third-order valence-electron chi connectivity index (χ3n) is 2.70. The zero-order chi connectivity index (χ0) is 13.8. The van der Waals surface area contributed by atoms with Crippen LogP contribution in [0.1, 0.15) is 18.6 Å². The molecule has 0 saturated heterocycles. The van der Waals surface area contributed by atoms with E-state index in [2.05, 4.69) is 0 Å². The van der Waals surface area contributed by atoms with E-state index in [9.17, 15) is 9.90 Å². The average molecular weight is 268 g/mol. The summed E-state index contributed by atoms with van der Waals surface area (Å²) in [4.78, 5) is 11.6. The molecule has 1 heterocycles. The maximum atomic E-state index is 11.6. The minimum atomic E-state index is -1.41. The summed E-state index contributed by atoms with van der Waals surface area (Å²) in [5, 5.41) is 9.98. The number of carbonyl (C=O) groups excluding carboxylic acids is 1. The maximum absolute atomic E-state index is 11.6. The Morgan fingerprint density at radius 1 is 1.42 bits per heavy atom. The van der Waals surface area contributed by atoms with Crippen LogP contribution in [0.3, 0.4) is 0 Å². The van der Waals surface area contributed by atoms with Crippen molar-refractivity contribution in [2.45, 2.75) is 13.0 Å². The number of rotatable bonds is 4. The van der Waals surface area contributed by atoms with E-state index in [0.717, 1.165) is 0 Å². The van der Waals surface area contributed by atoms with Gasteiger partial charge in [0.15, 0.2) is 17.6 Å². The van der Waals surface area contributed by atoms with Crippen molar-refractivity contribution in [3.05, 3.63) is 17.7 Å². The molecule has 0 radical (unpaired) electrons. The molecule has 6 nitrogen and oxygen atoms in total. The molecule has 19 heavy (non-hydrogen) atoms. The van der Waals surface area contributed by atoms with Crippen LogP contribution in [0.15, 0.2) is 12.1 Å². The number of esters is 1. The number of ether oxygens (including phenoxy) is 4. The lowest BCUT2D eigenvalue weighted by atomic mass is 10.1. The standard InChI is InChI=1S/C13H16O6/c1-3-17-13(15)10(14)8-4-5-9-12(11(8)16-2)19-7-6-18-9/h4-5,10,14H,3,6-7H2,1-2H3. The van der Waals surface area contributed by atoms with Gasteiger partial charge in [-0.1, -0.05) is 0 Å². The third kappa shape index (κ3) is 2.58. The number of hydrogen-bond donors (Lipinski definition) is 1. The van der Waals surface area contributed by atoms with Crippen LogP contribution in [0, 0.1) is 0 Å². The van der Waals surface area contributed by atoms with Gasteiger partial charge in [0.05, 0.1) is 13.7 Å². The van der Waals surface area contributed by atoms with Crippen molar-refractivity contribution in [3.8, 4) is 17.2 Å². The van der Waals surface area contributed by atoms with E-state index in [1.165, 1.54) is 7.11 Å². The van der Waals surface area contributed by atoms with Crippen molar-refractivity contribution in [2.24, 2.45) is 0 Å². The predicted molar refractivity (Wildman–Crippen MR) is 65.6 cm³/mol. The first-order valence-electron chi connectivity index (χ1n) is 6.00. The zero-order valence-corrected chi connectivity index (χ0v) is 10.8. The Labute approximate surface area is 110 Å². The van der Waals surface area contributed by atoms with Crippen LogP contribution in [0.4, 0.5) is 0 Å². The number of benzene rings is 1. The Morgan fingerprint density at radius 3 is 2.84 bits per heavy atom. The van der Waals surface area contributed by atoms with Crippen molar-refractivity contribution in [3.63, 3.8) is 0 Å². The Kier molecular flexibility index (Phi) is 4.11. The van der Waals surface area contributed by atoms with Crippen LogP contribution in [0.2, 0.25) is 0 Å². The first-order chi connectivity index (χ1) is 9.19. The number of hydrogen-bond acceptors (Lipinski definition) is 6. The van der Waals surface area contributed by atoms with Crippen molar-refractivity contribution in [1.82, 2.24) is 0 Å². The minimum absolute atomic E-state index is 0.197. The highest BCUT2D eigenvalue weighted by Crippen LogP contribution is 2.43. The summed E-state index contributed by atoms with van der Waals surface area (Å²) in [5.74, 6) is 0.493. The molecule has 1 aromatic carbocycles. The second-order valence-corrected chi connectivity index (χ2v) is 3.87. The van der Waals surface area contributed by atoms with Crippen LogP contribution >= 0.6 is 0 Å². The van der Waals surface area contributed by atoms with Crippen LogP contribution in [-0.2, 0) is 9.53 Å². The highest BCUT2D eigenvalue weighted by molar-refractivity contribution is 5.78. The van der Waals surface area contributed by atoms with Gasteiger partial charge < -0.3 is 24.1 Å². The van der Waals surface area contributed by atoms with Crippen LogP contribution in [0.25, 0.3) is 0 Å². The topological polar surface area (TPSA) is 74.2 Å². The number of aliphatic hydroxyl groups is 1. The van der Waals surface area contributed by atoms with Crippen molar-refractivity contribution >= 4 is 5.97 Å². The molecule has 1 unspecified atom stereocenters. The average Bonchev–Trinajstić information content (AvgIpc) is 2.45. The molecule has 1 aromatic rings. The first-order valence-corrected chi connectivity index (χ1v) is 6.00. The fourth-order valence-electron chi connectivity index (χ4n) is 1.88. The molecule has 2 rings (SSSR count). The lowest BCUT2D eigenvalue weighted by molar-refractivity contribution is -0.153. The second-order valence-electron chi connectivity index (χ2n) is 3.87. The highest BCUT2D eigenvalue weighted by Gasteiger charge is 2.28. The molecule has 0 bridgehead atoms. The molecule has 1 aliphatic heterocycles. The Balaban J connectivity index is 2.37. The molecule has 0 fully saturated rings. The summed E-state index contributed by atoms with van der Waals surface area (Å²) in [6, 6.07) is 3.20. The molecule has 1 aliphatic rings. The van der Waals surface area contributed by atoms with Crippen LogP contribution < -0.4 is 14.2 Å². The van der Waals surface area contributed by atoms with Crippen LogP contribution in [0.5, 0.6) is 17.2 Å². The normalized spacial score (nSPS) is 14.7. The van der Waals surface area contributed by atoms with E-state index in [4.69, 9.17) is 18.9 Å². The SMILES string of the molecule is CCOC(=O)C(O)c1ccc2c(c1OC)OCCO2. The molecule has 0 saturated carbocycles. The summed E-state index contributed by atoms with van der Waals surface area (Å²) >= 11 is 0. The summed E-state index contributed by atoms with van der Waals surface area (Å²) in [6.07, 6.45) is -1.41. The molecular weight excluding hydrogens is 252 g/mol. The molecule has 0 amide bonds. The van der Waals surface area contributed by atoms with Gasteiger partial charge in [-0.25, -0.2) is 4.79 Å². The fraction of sp³-hybridized carbons (Fsp3) is 0.462. The number of fused-ring (bicyclic) bond motifs is 1. The first kappa shape index (κ1) is 13.5.